The standard InChI is InChI=1S/C14H14O2S/c1-9-7-12(16)8-10(2)14(9)17-13-5-3-11(15)4-6-13/h3-8,15-16H,1-2H3. The molecule has 2 nitrogen and oxygen atoms in total. The molecule has 2 rings (SSSR count). The molecule has 0 saturated heterocycles. The Morgan fingerprint density at radius 1 is 0.824 bits per heavy atom. The lowest BCUT2D eigenvalue weighted by molar-refractivity contribution is 0.473. The fourth-order valence-electron chi connectivity index (χ4n) is 1.72. The Morgan fingerprint density at radius 2 is 1.35 bits per heavy atom. The van der Waals surface area contributed by atoms with E-state index in [1.54, 1.807) is 36.0 Å². The number of rotatable bonds is 2. The highest BCUT2D eigenvalue weighted by Gasteiger charge is 2.06. The van der Waals surface area contributed by atoms with E-state index >= 15 is 0 Å². The second-order valence-corrected chi connectivity index (χ2v) is 5.09. The van der Waals surface area contributed by atoms with E-state index in [-0.39, 0.29) is 5.75 Å². The molecule has 0 atom stereocenters. The van der Waals surface area contributed by atoms with Gasteiger partial charge in [0.25, 0.3) is 0 Å². The van der Waals surface area contributed by atoms with Gasteiger partial charge in [-0.2, -0.15) is 0 Å². The summed E-state index contributed by atoms with van der Waals surface area (Å²) >= 11 is 1.64. The molecule has 0 fully saturated rings. The van der Waals surface area contributed by atoms with Gasteiger partial charge in [-0.15, -0.1) is 0 Å². The van der Waals surface area contributed by atoms with E-state index < -0.39 is 0 Å². The number of phenolic OH excluding ortho intramolecular Hbond substituents is 2. The molecular formula is C14H14O2S. The third-order valence-electron chi connectivity index (χ3n) is 2.50. The lowest BCUT2D eigenvalue weighted by atomic mass is 10.1. The summed E-state index contributed by atoms with van der Waals surface area (Å²) in [5, 5.41) is 18.7. The summed E-state index contributed by atoms with van der Waals surface area (Å²) in [6, 6.07) is 10.6. The molecule has 2 aromatic rings. The molecule has 3 heteroatoms. The van der Waals surface area contributed by atoms with Crippen LogP contribution in [0.1, 0.15) is 11.1 Å². The topological polar surface area (TPSA) is 40.5 Å². The van der Waals surface area contributed by atoms with Gasteiger partial charge in [0.1, 0.15) is 11.5 Å². The molecule has 0 amide bonds. The van der Waals surface area contributed by atoms with Crippen LogP contribution in [-0.4, -0.2) is 10.2 Å². The van der Waals surface area contributed by atoms with E-state index in [1.807, 2.05) is 26.0 Å². The van der Waals surface area contributed by atoms with Crippen molar-refractivity contribution in [3.63, 3.8) is 0 Å². The van der Waals surface area contributed by atoms with Crippen molar-refractivity contribution in [3.8, 4) is 11.5 Å². The highest BCUT2D eigenvalue weighted by molar-refractivity contribution is 7.99. The largest absolute Gasteiger partial charge is 0.508 e. The molecule has 88 valence electrons. The number of hydrogen-bond donors (Lipinski definition) is 2. The summed E-state index contributed by atoms with van der Waals surface area (Å²) in [5.74, 6) is 0.573. The zero-order chi connectivity index (χ0) is 12.4. The van der Waals surface area contributed by atoms with Crippen molar-refractivity contribution in [2.24, 2.45) is 0 Å². The fraction of sp³-hybridized carbons (Fsp3) is 0.143. The number of phenols is 2. The summed E-state index contributed by atoms with van der Waals surface area (Å²) in [4.78, 5) is 2.22. The molecule has 17 heavy (non-hydrogen) atoms. The highest BCUT2D eigenvalue weighted by atomic mass is 32.2. The quantitative estimate of drug-likeness (QED) is 0.845. The van der Waals surface area contributed by atoms with Crippen LogP contribution in [0, 0.1) is 13.8 Å². The molecule has 0 unspecified atom stereocenters. The van der Waals surface area contributed by atoms with Gasteiger partial charge < -0.3 is 10.2 Å². The molecule has 2 aromatic carbocycles. The van der Waals surface area contributed by atoms with Crippen molar-refractivity contribution in [2.45, 2.75) is 23.6 Å². The molecule has 0 aliphatic heterocycles. The Hall–Kier alpha value is -1.61. The van der Waals surface area contributed by atoms with Gasteiger partial charge >= 0.3 is 0 Å². The molecule has 0 radical (unpaired) electrons. The van der Waals surface area contributed by atoms with Crippen molar-refractivity contribution in [1.82, 2.24) is 0 Å². The van der Waals surface area contributed by atoms with Crippen LogP contribution in [0.5, 0.6) is 11.5 Å². The van der Waals surface area contributed by atoms with Crippen LogP contribution in [-0.2, 0) is 0 Å². The van der Waals surface area contributed by atoms with E-state index in [9.17, 15) is 10.2 Å². The smallest absolute Gasteiger partial charge is 0.116 e. The average Bonchev–Trinajstić information content (AvgIpc) is 2.26. The second kappa shape index (κ2) is 4.72. The van der Waals surface area contributed by atoms with Crippen LogP contribution in [0.15, 0.2) is 46.2 Å². The van der Waals surface area contributed by atoms with Crippen molar-refractivity contribution < 1.29 is 10.2 Å². The van der Waals surface area contributed by atoms with Crippen LogP contribution in [0.25, 0.3) is 0 Å². The Balaban J connectivity index is 2.33. The van der Waals surface area contributed by atoms with Gasteiger partial charge in [0.2, 0.25) is 0 Å². The van der Waals surface area contributed by atoms with Crippen LogP contribution in [0.4, 0.5) is 0 Å². The fourth-order valence-corrected chi connectivity index (χ4v) is 2.67. The van der Waals surface area contributed by atoms with Crippen molar-refractivity contribution in [3.05, 3.63) is 47.5 Å². The minimum atomic E-state index is 0.272. The predicted molar refractivity (Wildman–Crippen MR) is 69.8 cm³/mol. The summed E-state index contributed by atoms with van der Waals surface area (Å²) in [6.07, 6.45) is 0. The van der Waals surface area contributed by atoms with Crippen molar-refractivity contribution in [1.29, 1.82) is 0 Å². The molecule has 0 aromatic heterocycles. The van der Waals surface area contributed by atoms with Crippen LogP contribution < -0.4 is 0 Å². The molecule has 0 spiro atoms. The highest BCUT2D eigenvalue weighted by Crippen LogP contribution is 2.35. The van der Waals surface area contributed by atoms with Crippen molar-refractivity contribution >= 4 is 11.8 Å². The Morgan fingerprint density at radius 3 is 1.88 bits per heavy atom. The monoisotopic (exact) mass is 246 g/mol. The molecule has 0 bridgehead atoms. The SMILES string of the molecule is Cc1cc(O)cc(C)c1Sc1ccc(O)cc1. The second-order valence-electron chi connectivity index (χ2n) is 4.00. The average molecular weight is 246 g/mol. The maximum atomic E-state index is 9.48. The van der Waals surface area contributed by atoms with Crippen LogP contribution in [0.2, 0.25) is 0 Å². The molecule has 2 N–H and O–H groups in total. The first-order chi connectivity index (χ1) is 8.06. The molecule has 0 heterocycles. The maximum Gasteiger partial charge on any atom is 0.116 e. The number of benzene rings is 2. The van der Waals surface area contributed by atoms with Gasteiger partial charge in [-0.3, -0.25) is 0 Å². The first-order valence-corrected chi connectivity index (χ1v) is 6.15. The third-order valence-corrected chi connectivity index (χ3v) is 3.86. The Kier molecular flexibility index (Phi) is 3.29. The van der Waals surface area contributed by atoms with Crippen molar-refractivity contribution in [2.75, 3.05) is 0 Å². The maximum absolute atomic E-state index is 9.48. The van der Waals surface area contributed by atoms with E-state index in [0.29, 0.717) is 5.75 Å². The normalized spacial score (nSPS) is 10.5. The van der Waals surface area contributed by atoms with E-state index in [1.165, 1.54) is 0 Å². The van der Waals surface area contributed by atoms with Crippen LogP contribution in [0.3, 0.4) is 0 Å². The molecule has 0 aliphatic carbocycles. The van der Waals surface area contributed by atoms with E-state index in [4.69, 9.17) is 0 Å². The first-order valence-electron chi connectivity index (χ1n) is 5.33. The summed E-state index contributed by atoms with van der Waals surface area (Å²) in [5.41, 5.74) is 2.11. The van der Waals surface area contributed by atoms with E-state index in [0.717, 1.165) is 20.9 Å². The number of aromatic hydroxyl groups is 2. The lowest BCUT2D eigenvalue weighted by Gasteiger charge is -2.10. The summed E-state index contributed by atoms with van der Waals surface area (Å²) in [6.45, 7) is 3.96. The first kappa shape index (κ1) is 11.9. The van der Waals surface area contributed by atoms with E-state index in [2.05, 4.69) is 0 Å². The molecule has 0 saturated carbocycles. The Labute approximate surface area is 105 Å². The summed E-state index contributed by atoms with van der Waals surface area (Å²) in [7, 11) is 0. The molecular weight excluding hydrogens is 232 g/mol. The number of aryl methyl sites for hydroxylation is 2. The van der Waals surface area contributed by atoms with Gasteiger partial charge in [0, 0.05) is 9.79 Å². The predicted octanol–water partition coefficient (Wildman–Crippen LogP) is 3.87. The van der Waals surface area contributed by atoms with Gasteiger partial charge in [-0.05, 0) is 61.4 Å². The summed E-state index contributed by atoms with van der Waals surface area (Å²) < 4.78 is 0. The lowest BCUT2D eigenvalue weighted by Crippen LogP contribution is -1.85. The third kappa shape index (κ3) is 2.74. The van der Waals surface area contributed by atoms with Gasteiger partial charge in [0.15, 0.2) is 0 Å². The zero-order valence-electron chi connectivity index (χ0n) is 9.77. The molecule has 0 aliphatic rings. The van der Waals surface area contributed by atoms with Gasteiger partial charge in [-0.1, -0.05) is 11.8 Å². The Bertz CT molecular complexity index is 509. The number of hydrogen-bond acceptors (Lipinski definition) is 3. The van der Waals surface area contributed by atoms with Gasteiger partial charge in [0.05, 0.1) is 0 Å². The minimum Gasteiger partial charge on any atom is -0.508 e. The zero-order valence-corrected chi connectivity index (χ0v) is 10.6. The van der Waals surface area contributed by atoms with Gasteiger partial charge in [-0.25, -0.2) is 0 Å². The van der Waals surface area contributed by atoms with Crippen LogP contribution >= 0.6 is 11.8 Å². The minimum absolute atomic E-state index is 0.272.